The lowest BCUT2D eigenvalue weighted by Gasteiger charge is -2.29. The van der Waals surface area contributed by atoms with Gasteiger partial charge in [0.1, 0.15) is 22.6 Å². The van der Waals surface area contributed by atoms with Gasteiger partial charge in [0.2, 0.25) is 0 Å². The standard InChI is InChI=1S/C25H23N5O7/c1-24(20(32)26-22(34)28-24)14-4-6-17-13(7-14)8-18(37-17)25(21(33)27-23(35)29-25)11-30-10-12-3-5-15(36-2)9-16(12)19(30)31/h3-9,20,32H,10-11H2,1-2H3,(H2,26,28,34)(H2,27,29,33,35)/t20?,24?,25-/m0/s1. The van der Waals surface area contributed by atoms with Crippen LogP contribution in [0.25, 0.3) is 11.0 Å². The maximum atomic E-state index is 13.2. The quantitative estimate of drug-likeness (QED) is 0.323. The molecule has 3 aliphatic heterocycles. The SMILES string of the molecule is COc1ccc2c(c1)C(=O)N(C[C@@]1(c3cc4cc(C5(C)NC(=O)NC5O)ccc4o3)NC(=O)NC1=O)C2. The molecule has 3 atom stereocenters. The highest BCUT2D eigenvalue weighted by Crippen LogP contribution is 2.37. The van der Waals surface area contributed by atoms with Crippen LogP contribution < -0.4 is 26.0 Å². The number of methoxy groups -OCH3 is 1. The van der Waals surface area contributed by atoms with E-state index in [1.807, 2.05) is 0 Å². The summed E-state index contributed by atoms with van der Waals surface area (Å²) in [6.07, 6.45) is -1.16. The Morgan fingerprint density at radius 1 is 1.08 bits per heavy atom. The molecule has 2 saturated heterocycles. The van der Waals surface area contributed by atoms with Gasteiger partial charge in [-0.05, 0) is 48.4 Å². The summed E-state index contributed by atoms with van der Waals surface area (Å²) in [7, 11) is 1.51. The molecule has 3 aliphatic rings. The Kier molecular flexibility index (Phi) is 4.76. The van der Waals surface area contributed by atoms with Crippen LogP contribution in [0.3, 0.4) is 0 Å². The third-order valence-corrected chi connectivity index (χ3v) is 7.29. The number of fused-ring (bicyclic) bond motifs is 2. The first kappa shape index (κ1) is 22.9. The zero-order chi connectivity index (χ0) is 26.1. The minimum absolute atomic E-state index is 0.142. The van der Waals surface area contributed by atoms with E-state index in [-0.39, 0.29) is 24.8 Å². The first-order valence-electron chi connectivity index (χ1n) is 11.5. The lowest BCUT2D eigenvalue weighted by atomic mass is 9.90. The van der Waals surface area contributed by atoms with Gasteiger partial charge in [0, 0.05) is 17.5 Å². The molecule has 12 heteroatoms. The van der Waals surface area contributed by atoms with Gasteiger partial charge < -0.3 is 35.1 Å². The summed E-state index contributed by atoms with van der Waals surface area (Å²) < 4.78 is 11.3. The van der Waals surface area contributed by atoms with Crippen molar-refractivity contribution in [3.05, 3.63) is 64.9 Å². The number of aliphatic hydroxyl groups is 1. The van der Waals surface area contributed by atoms with Gasteiger partial charge in [-0.1, -0.05) is 12.1 Å². The highest BCUT2D eigenvalue weighted by Gasteiger charge is 2.53. The second kappa shape index (κ2) is 7.71. The van der Waals surface area contributed by atoms with E-state index in [1.54, 1.807) is 49.4 Å². The number of hydrogen-bond acceptors (Lipinski definition) is 7. The second-order valence-corrected chi connectivity index (χ2v) is 9.56. The van der Waals surface area contributed by atoms with E-state index in [1.165, 1.54) is 12.0 Å². The van der Waals surface area contributed by atoms with E-state index in [0.717, 1.165) is 5.56 Å². The maximum Gasteiger partial charge on any atom is 0.322 e. The van der Waals surface area contributed by atoms with Crippen molar-refractivity contribution in [2.75, 3.05) is 13.7 Å². The number of imide groups is 1. The molecule has 6 rings (SSSR count). The number of nitrogens with zero attached hydrogens (tertiary/aromatic N) is 1. The lowest BCUT2D eigenvalue weighted by Crippen LogP contribution is -2.52. The predicted molar refractivity (Wildman–Crippen MR) is 127 cm³/mol. The molecule has 1 aromatic heterocycles. The number of carbonyl (C=O) groups excluding carboxylic acids is 4. The molecule has 0 spiro atoms. The van der Waals surface area contributed by atoms with Gasteiger partial charge in [-0.15, -0.1) is 0 Å². The normalized spacial score (nSPS) is 26.7. The molecule has 37 heavy (non-hydrogen) atoms. The Balaban J connectivity index is 1.38. The second-order valence-electron chi connectivity index (χ2n) is 9.56. The molecule has 12 nitrogen and oxygen atoms in total. The van der Waals surface area contributed by atoms with Crippen LogP contribution in [0.1, 0.15) is 34.2 Å². The summed E-state index contributed by atoms with van der Waals surface area (Å²) in [4.78, 5) is 51.9. The average molecular weight is 505 g/mol. The summed E-state index contributed by atoms with van der Waals surface area (Å²) in [5.41, 5.74) is -0.486. The summed E-state index contributed by atoms with van der Waals surface area (Å²) in [6, 6.07) is 10.7. The molecule has 0 aliphatic carbocycles. The van der Waals surface area contributed by atoms with Crippen molar-refractivity contribution in [2.24, 2.45) is 0 Å². The molecule has 190 valence electrons. The molecule has 3 aromatic rings. The van der Waals surface area contributed by atoms with Gasteiger partial charge in [-0.2, -0.15) is 0 Å². The molecule has 0 radical (unpaired) electrons. The summed E-state index contributed by atoms with van der Waals surface area (Å²) >= 11 is 0. The van der Waals surface area contributed by atoms with Crippen molar-refractivity contribution in [1.29, 1.82) is 0 Å². The molecule has 2 unspecified atom stereocenters. The molecule has 2 fully saturated rings. The topological polar surface area (TPSA) is 162 Å². The van der Waals surface area contributed by atoms with Gasteiger partial charge in [-0.3, -0.25) is 14.9 Å². The number of nitrogens with one attached hydrogen (secondary N) is 4. The van der Waals surface area contributed by atoms with E-state index >= 15 is 0 Å². The molecular weight excluding hydrogens is 482 g/mol. The van der Waals surface area contributed by atoms with E-state index in [9.17, 15) is 24.3 Å². The zero-order valence-electron chi connectivity index (χ0n) is 19.9. The number of hydrogen-bond donors (Lipinski definition) is 5. The fourth-order valence-corrected chi connectivity index (χ4v) is 5.15. The van der Waals surface area contributed by atoms with Crippen LogP contribution in [0, 0.1) is 0 Å². The molecule has 6 amide bonds. The van der Waals surface area contributed by atoms with Gasteiger partial charge in [0.25, 0.3) is 11.8 Å². The number of amides is 6. The monoisotopic (exact) mass is 505 g/mol. The highest BCUT2D eigenvalue weighted by atomic mass is 16.5. The smallest absolute Gasteiger partial charge is 0.322 e. The minimum Gasteiger partial charge on any atom is -0.497 e. The van der Waals surface area contributed by atoms with Crippen molar-refractivity contribution >= 4 is 34.8 Å². The first-order chi connectivity index (χ1) is 17.6. The van der Waals surface area contributed by atoms with Gasteiger partial charge in [0.15, 0.2) is 11.8 Å². The molecule has 2 aromatic carbocycles. The number of urea groups is 2. The zero-order valence-corrected chi connectivity index (χ0v) is 19.9. The average Bonchev–Trinajstić information content (AvgIpc) is 3.57. The third-order valence-electron chi connectivity index (χ3n) is 7.29. The summed E-state index contributed by atoms with van der Waals surface area (Å²) in [5.74, 6) is -0.264. The minimum atomic E-state index is -1.66. The largest absolute Gasteiger partial charge is 0.497 e. The van der Waals surface area contributed by atoms with Crippen LogP contribution in [0.5, 0.6) is 5.75 Å². The number of rotatable bonds is 5. The Bertz CT molecular complexity index is 1520. The number of carbonyl (C=O) groups is 4. The highest BCUT2D eigenvalue weighted by molar-refractivity contribution is 6.08. The van der Waals surface area contributed by atoms with Crippen LogP contribution in [-0.4, -0.2) is 53.8 Å². The lowest BCUT2D eigenvalue weighted by molar-refractivity contribution is -0.125. The van der Waals surface area contributed by atoms with E-state index in [2.05, 4.69) is 21.3 Å². The van der Waals surface area contributed by atoms with Gasteiger partial charge in [-0.25, -0.2) is 9.59 Å². The van der Waals surface area contributed by atoms with Crippen LogP contribution >= 0.6 is 0 Å². The van der Waals surface area contributed by atoms with E-state index < -0.39 is 35.3 Å². The van der Waals surface area contributed by atoms with Crippen LogP contribution in [0.15, 0.2) is 46.9 Å². The van der Waals surface area contributed by atoms with Crippen LogP contribution in [0.2, 0.25) is 0 Å². The first-order valence-corrected chi connectivity index (χ1v) is 11.5. The molecule has 4 heterocycles. The molecular formula is C25H23N5O7. The van der Waals surface area contributed by atoms with Crippen molar-refractivity contribution in [1.82, 2.24) is 26.2 Å². The van der Waals surface area contributed by atoms with Crippen molar-refractivity contribution < 1.29 is 33.4 Å². The molecule has 0 saturated carbocycles. The number of ether oxygens (including phenoxy) is 1. The van der Waals surface area contributed by atoms with Crippen molar-refractivity contribution in [2.45, 2.75) is 30.8 Å². The van der Waals surface area contributed by atoms with E-state index in [4.69, 9.17) is 9.15 Å². The van der Waals surface area contributed by atoms with Crippen LogP contribution in [0.4, 0.5) is 9.59 Å². The molecule has 0 bridgehead atoms. The Hall–Kier alpha value is -4.58. The van der Waals surface area contributed by atoms with Crippen molar-refractivity contribution in [3.8, 4) is 5.75 Å². The maximum absolute atomic E-state index is 13.2. The fourth-order valence-electron chi connectivity index (χ4n) is 5.15. The summed E-state index contributed by atoms with van der Waals surface area (Å²) in [6.45, 7) is 1.76. The Morgan fingerprint density at radius 2 is 1.89 bits per heavy atom. The van der Waals surface area contributed by atoms with Crippen molar-refractivity contribution in [3.63, 3.8) is 0 Å². The summed E-state index contributed by atoms with van der Waals surface area (Å²) in [5, 5.41) is 21.0. The fraction of sp³-hybridized carbons (Fsp3) is 0.280. The Labute approximate surface area is 209 Å². The Morgan fingerprint density at radius 3 is 2.57 bits per heavy atom. The van der Waals surface area contributed by atoms with Crippen LogP contribution in [-0.2, 0) is 22.4 Å². The third kappa shape index (κ3) is 3.33. The molecule has 5 N–H and O–H groups in total. The number of benzene rings is 2. The van der Waals surface area contributed by atoms with Gasteiger partial charge in [0.05, 0.1) is 13.7 Å². The predicted octanol–water partition coefficient (Wildman–Crippen LogP) is 0.978. The number of furan rings is 1. The van der Waals surface area contributed by atoms with E-state index in [0.29, 0.717) is 27.8 Å². The van der Waals surface area contributed by atoms with Gasteiger partial charge >= 0.3 is 12.1 Å². The number of aliphatic hydroxyl groups excluding tert-OH is 1.